The number of methoxy groups -OCH3 is 1. The molecule has 0 heterocycles. The zero-order valence-corrected chi connectivity index (χ0v) is 8.77. The molecule has 1 aromatic rings. The van der Waals surface area contributed by atoms with Crippen LogP contribution in [0.1, 0.15) is 5.56 Å². The largest absolute Gasteiger partial charge is 0.492 e. The molecular weight excluding hydrogens is 204 g/mol. The van der Waals surface area contributed by atoms with E-state index < -0.39 is 0 Å². The second kappa shape index (κ2) is 4.14. The summed E-state index contributed by atoms with van der Waals surface area (Å²) in [5, 5.41) is 0. The van der Waals surface area contributed by atoms with Crippen molar-refractivity contribution in [3.63, 3.8) is 0 Å². The number of allylic oxidation sites excluding steroid dienone is 3. The second-order valence-corrected chi connectivity index (χ2v) is 3.34. The molecule has 0 bridgehead atoms. The van der Waals surface area contributed by atoms with Crippen molar-refractivity contribution in [3.8, 4) is 0 Å². The highest BCUT2D eigenvalue weighted by atomic mass is 16.5. The van der Waals surface area contributed by atoms with E-state index in [0.717, 1.165) is 0 Å². The molecule has 0 spiro atoms. The molecule has 0 fully saturated rings. The summed E-state index contributed by atoms with van der Waals surface area (Å²) < 4.78 is 5.00. The number of carbonyl (C=O) groups is 2. The molecule has 80 valence electrons. The summed E-state index contributed by atoms with van der Waals surface area (Å²) in [5.74, 6) is -0.373. The van der Waals surface area contributed by atoms with E-state index in [4.69, 9.17) is 4.74 Å². The minimum Gasteiger partial charge on any atom is -0.492 e. The summed E-state index contributed by atoms with van der Waals surface area (Å²) in [4.78, 5) is 23.3. The van der Waals surface area contributed by atoms with Crippen LogP contribution in [0.25, 0.3) is 5.57 Å². The summed E-state index contributed by atoms with van der Waals surface area (Å²) in [6.45, 7) is 0. The second-order valence-electron chi connectivity index (χ2n) is 3.34. The molecule has 1 aromatic carbocycles. The third-order valence-corrected chi connectivity index (χ3v) is 2.35. The first-order valence-electron chi connectivity index (χ1n) is 4.84. The molecule has 0 aromatic heterocycles. The molecule has 1 aliphatic rings. The molecule has 0 saturated heterocycles. The van der Waals surface area contributed by atoms with Crippen molar-refractivity contribution in [1.29, 1.82) is 0 Å². The third kappa shape index (κ3) is 1.67. The molecule has 0 saturated carbocycles. The maximum absolute atomic E-state index is 11.7. The van der Waals surface area contributed by atoms with Gasteiger partial charge in [0.25, 0.3) is 0 Å². The summed E-state index contributed by atoms with van der Waals surface area (Å²) >= 11 is 0. The van der Waals surface area contributed by atoms with Crippen molar-refractivity contribution in [3.05, 3.63) is 53.8 Å². The fourth-order valence-electron chi connectivity index (χ4n) is 1.63. The molecule has 16 heavy (non-hydrogen) atoms. The summed E-state index contributed by atoms with van der Waals surface area (Å²) in [6.07, 6.45) is 2.50. The van der Waals surface area contributed by atoms with E-state index in [1.165, 1.54) is 19.3 Å². The quantitative estimate of drug-likeness (QED) is 0.704. The maximum Gasteiger partial charge on any atom is 0.221 e. The van der Waals surface area contributed by atoms with E-state index in [-0.39, 0.29) is 17.3 Å². The predicted molar refractivity (Wildman–Crippen MR) is 59.5 cm³/mol. The summed E-state index contributed by atoms with van der Waals surface area (Å²) in [5.41, 5.74) is 1.03. The van der Waals surface area contributed by atoms with Gasteiger partial charge in [-0.15, -0.1) is 0 Å². The molecule has 0 unspecified atom stereocenters. The first-order chi connectivity index (χ1) is 7.74. The minimum atomic E-state index is -0.277. The van der Waals surface area contributed by atoms with Crippen molar-refractivity contribution >= 4 is 17.1 Å². The zero-order chi connectivity index (χ0) is 11.5. The predicted octanol–water partition coefficient (Wildman–Crippen LogP) is 1.75. The number of hydrogen-bond donors (Lipinski definition) is 0. The van der Waals surface area contributed by atoms with Gasteiger partial charge in [-0.1, -0.05) is 30.3 Å². The molecule has 0 N–H and O–H groups in total. The summed E-state index contributed by atoms with van der Waals surface area (Å²) in [6, 6.07) is 9.02. The van der Waals surface area contributed by atoms with Crippen LogP contribution >= 0.6 is 0 Å². The molecule has 3 heteroatoms. The van der Waals surface area contributed by atoms with Crippen LogP contribution in [0.15, 0.2) is 48.2 Å². The lowest BCUT2D eigenvalue weighted by atomic mass is 9.95. The first kappa shape index (κ1) is 10.4. The average Bonchev–Trinajstić information content (AvgIpc) is 2.33. The number of rotatable bonds is 2. The highest BCUT2D eigenvalue weighted by molar-refractivity contribution is 6.35. The van der Waals surface area contributed by atoms with Gasteiger partial charge in [0.1, 0.15) is 0 Å². The Labute approximate surface area is 93.0 Å². The lowest BCUT2D eigenvalue weighted by Gasteiger charge is -2.13. The fourth-order valence-corrected chi connectivity index (χ4v) is 1.63. The van der Waals surface area contributed by atoms with E-state index >= 15 is 0 Å². The van der Waals surface area contributed by atoms with Crippen LogP contribution < -0.4 is 0 Å². The van der Waals surface area contributed by atoms with Gasteiger partial charge >= 0.3 is 0 Å². The van der Waals surface area contributed by atoms with Gasteiger partial charge in [0.15, 0.2) is 11.5 Å². The van der Waals surface area contributed by atoms with Gasteiger partial charge in [0.2, 0.25) is 5.78 Å². The highest BCUT2D eigenvalue weighted by Gasteiger charge is 2.24. The maximum atomic E-state index is 11.7. The van der Waals surface area contributed by atoms with Gasteiger partial charge in [-0.25, -0.2) is 0 Å². The van der Waals surface area contributed by atoms with Crippen LogP contribution in [0.3, 0.4) is 0 Å². The minimum absolute atomic E-state index is 0.110. The van der Waals surface area contributed by atoms with E-state index in [1.54, 1.807) is 12.1 Å². The molecular formula is C13H10O3. The first-order valence-corrected chi connectivity index (χ1v) is 4.84. The Morgan fingerprint density at radius 3 is 2.19 bits per heavy atom. The molecule has 0 radical (unpaired) electrons. The van der Waals surface area contributed by atoms with Gasteiger partial charge in [0.05, 0.1) is 12.7 Å². The van der Waals surface area contributed by atoms with Crippen LogP contribution in [0.4, 0.5) is 0 Å². The Balaban J connectivity index is 2.59. The van der Waals surface area contributed by atoms with Crippen LogP contribution in [-0.2, 0) is 14.3 Å². The van der Waals surface area contributed by atoms with Crippen molar-refractivity contribution in [1.82, 2.24) is 0 Å². The molecule has 3 nitrogen and oxygen atoms in total. The Morgan fingerprint density at radius 1 is 0.938 bits per heavy atom. The number of benzene rings is 1. The molecule has 1 aliphatic carbocycles. The van der Waals surface area contributed by atoms with Crippen LogP contribution in [0, 0.1) is 0 Å². The number of ketones is 2. The molecule has 0 atom stereocenters. The van der Waals surface area contributed by atoms with Gasteiger partial charge < -0.3 is 4.74 Å². The number of ether oxygens (including phenoxy) is 1. The van der Waals surface area contributed by atoms with Crippen molar-refractivity contribution in [2.75, 3.05) is 7.11 Å². The van der Waals surface area contributed by atoms with Crippen molar-refractivity contribution in [2.24, 2.45) is 0 Å². The van der Waals surface area contributed by atoms with Gasteiger partial charge in [-0.2, -0.15) is 0 Å². The van der Waals surface area contributed by atoms with Crippen LogP contribution in [0.5, 0.6) is 0 Å². The molecule has 0 amide bonds. The lowest BCUT2D eigenvalue weighted by Crippen LogP contribution is -2.14. The zero-order valence-electron chi connectivity index (χ0n) is 8.77. The molecule has 2 rings (SSSR count). The fraction of sp³-hybridized carbons (Fsp3) is 0.0769. The van der Waals surface area contributed by atoms with Crippen molar-refractivity contribution in [2.45, 2.75) is 0 Å². The van der Waals surface area contributed by atoms with Crippen molar-refractivity contribution < 1.29 is 14.3 Å². The van der Waals surface area contributed by atoms with E-state index in [1.807, 2.05) is 18.2 Å². The number of hydrogen-bond acceptors (Lipinski definition) is 3. The van der Waals surface area contributed by atoms with Crippen LogP contribution in [-0.4, -0.2) is 18.7 Å². The molecule has 0 aliphatic heterocycles. The average molecular weight is 214 g/mol. The third-order valence-electron chi connectivity index (χ3n) is 2.35. The van der Waals surface area contributed by atoms with E-state index in [0.29, 0.717) is 11.1 Å². The Morgan fingerprint density at radius 2 is 1.56 bits per heavy atom. The Hall–Kier alpha value is -2.16. The lowest BCUT2D eigenvalue weighted by molar-refractivity contribution is -0.116. The SMILES string of the molecule is COC1=C(c2ccccc2)C(=O)C=CC1=O. The smallest absolute Gasteiger partial charge is 0.221 e. The van der Waals surface area contributed by atoms with Gasteiger partial charge in [-0.05, 0) is 17.7 Å². The Bertz CT molecular complexity index is 495. The number of carbonyl (C=O) groups excluding carboxylic acids is 2. The van der Waals surface area contributed by atoms with Crippen LogP contribution in [0.2, 0.25) is 0 Å². The standard InChI is InChI=1S/C13H10O3/c1-16-13-11(15)8-7-10(14)12(13)9-5-3-2-4-6-9/h2-8H,1H3. The highest BCUT2D eigenvalue weighted by Crippen LogP contribution is 2.24. The topological polar surface area (TPSA) is 43.4 Å². The monoisotopic (exact) mass is 214 g/mol. The van der Waals surface area contributed by atoms with E-state index in [2.05, 4.69) is 0 Å². The van der Waals surface area contributed by atoms with Gasteiger partial charge in [-0.3, -0.25) is 9.59 Å². The van der Waals surface area contributed by atoms with Gasteiger partial charge in [0, 0.05) is 0 Å². The summed E-state index contributed by atoms with van der Waals surface area (Å²) in [7, 11) is 1.39. The van der Waals surface area contributed by atoms with E-state index in [9.17, 15) is 9.59 Å². The Kier molecular flexibility index (Phi) is 2.68. The normalized spacial score (nSPS) is 15.6.